The van der Waals surface area contributed by atoms with Crippen LogP contribution in [0, 0.1) is 0 Å². The van der Waals surface area contributed by atoms with Crippen molar-refractivity contribution in [2.24, 2.45) is 4.99 Å². The molecule has 0 spiro atoms. The number of piperidine rings is 1. The highest BCUT2D eigenvalue weighted by molar-refractivity contribution is 6.20. The second-order valence-electron chi connectivity index (χ2n) is 7.74. The standard InChI is InChI=1S/C23H24N6O/c30-22-20(13-17-14-25-21-19(17)7-4-10-24-21)27-23(28-22)26-18-8-11-29(12-9-18)15-16-5-2-1-3-6-16/h1-7,10,13-14,18,30H,8-9,11-12,15H2,(H2,26,27,28). The van der Waals surface area contributed by atoms with E-state index in [1.165, 1.54) is 5.56 Å². The Hall–Kier alpha value is -3.45. The summed E-state index contributed by atoms with van der Waals surface area (Å²) in [6, 6.07) is 14.8. The maximum atomic E-state index is 10.3. The van der Waals surface area contributed by atoms with Gasteiger partial charge in [-0.05, 0) is 36.6 Å². The topological polar surface area (TPSA) is 89.4 Å². The number of aromatic nitrogens is 3. The molecule has 0 amide bonds. The third kappa shape index (κ3) is 3.97. The van der Waals surface area contributed by atoms with Gasteiger partial charge >= 0.3 is 0 Å². The summed E-state index contributed by atoms with van der Waals surface area (Å²) >= 11 is 0. The molecule has 30 heavy (non-hydrogen) atoms. The third-order valence-corrected chi connectivity index (χ3v) is 5.61. The van der Waals surface area contributed by atoms with Crippen LogP contribution in [0.25, 0.3) is 11.6 Å². The summed E-state index contributed by atoms with van der Waals surface area (Å²) in [7, 11) is 0. The fraction of sp³-hybridized carbons (Fsp3) is 0.261. The number of aliphatic imine (C=N–C) groups is 1. The molecule has 2 aliphatic heterocycles. The molecule has 2 aliphatic rings. The number of likely N-dealkylation sites (tertiary alicyclic amines) is 1. The molecule has 7 nitrogen and oxygen atoms in total. The normalized spacial score (nSPS) is 18.1. The van der Waals surface area contributed by atoms with Crippen molar-refractivity contribution in [3.8, 4) is 5.88 Å². The first-order chi connectivity index (χ1) is 14.7. The van der Waals surface area contributed by atoms with Crippen molar-refractivity contribution in [3.63, 3.8) is 0 Å². The van der Waals surface area contributed by atoms with Gasteiger partial charge in [-0.3, -0.25) is 4.90 Å². The van der Waals surface area contributed by atoms with Gasteiger partial charge in [0.15, 0.2) is 5.82 Å². The zero-order chi connectivity index (χ0) is 20.3. The van der Waals surface area contributed by atoms with Gasteiger partial charge < -0.3 is 15.4 Å². The molecule has 0 bridgehead atoms. The van der Waals surface area contributed by atoms with Gasteiger partial charge in [-0.25, -0.2) is 9.98 Å². The molecule has 0 saturated carbocycles. The maximum Gasteiger partial charge on any atom is 0.238 e. The fourth-order valence-electron chi connectivity index (χ4n) is 4.01. The minimum Gasteiger partial charge on any atom is -0.492 e. The lowest BCUT2D eigenvalue weighted by Gasteiger charge is -2.32. The number of hydrogen-bond donors (Lipinski definition) is 3. The molecule has 1 fully saturated rings. The van der Waals surface area contributed by atoms with Crippen LogP contribution in [-0.4, -0.2) is 50.3 Å². The van der Waals surface area contributed by atoms with Crippen LogP contribution >= 0.6 is 0 Å². The molecule has 3 aromatic rings. The van der Waals surface area contributed by atoms with Gasteiger partial charge in [0.25, 0.3) is 0 Å². The minimum absolute atomic E-state index is 0.0164. The van der Waals surface area contributed by atoms with Gasteiger partial charge in [-0.2, -0.15) is 4.98 Å². The second-order valence-corrected chi connectivity index (χ2v) is 7.74. The highest BCUT2D eigenvalue weighted by atomic mass is 16.3. The van der Waals surface area contributed by atoms with E-state index in [1.54, 1.807) is 12.4 Å². The van der Waals surface area contributed by atoms with E-state index in [1.807, 2.05) is 18.2 Å². The van der Waals surface area contributed by atoms with Crippen molar-refractivity contribution < 1.29 is 5.11 Å². The Kier molecular flexibility index (Phi) is 5.03. The first kappa shape index (κ1) is 18.6. The molecular formula is C23H24N6O. The quantitative estimate of drug-likeness (QED) is 0.605. The molecule has 0 unspecified atom stereocenters. The minimum atomic E-state index is -0.0164. The largest absolute Gasteiger partial charge is 0.492 e. The number of nitrogens with zero attached hydrogens (tertiary/aromatic N) is 4. The zero-order valence-electron chi connectivity index (χ0n) is 16.6. The van der Waals surface area contributed by atoms with Crippen molar-refractivity contribution in [2.75, 3.05) is 18.4 Å². The maximum absolute atomic E-state index is 10.3. The number of aromatic hydroxyl groups is 1. The number of benzene rings is 1. The van der Waals surface area contributed by atoms with Crippen LogP contribution in [0.2, 0.25) is 0 Å². The van der Waals surface area contributed by atoms with Gasteiger partial charge in [0.2, 0.25) is 11.8 Å². The SMILES string of the molecule is Oc1nc(NC2CCN(Cc3ccccc3)CC2)[nH]c1C=C1C=Nc2ncccc21. The average Bonchev–Trinajstić information content (AvgIpc) is 3.34. The number of pyridine rings is 1. The first-order valence-corrected chi connectivity index (χ1v) is 10.3. The van der Waals surface area contributed by atoms with Crippen molar-refractivity contribution in [1.29, 1.82) is 0 Å². The summed E-state index contributed by atoms with van der Waals surface area (Å²) in [6.07, 6.45) is 7.41. The molecule has 1 aromatic carbocycles. The first-order valence-electron chi connectivity index (χ1n) is 10.3. The van der Waals surface area contributed by atoms with E-state index in [-0.39, 0.29) is 5.88 Å². The molecule has 3 N–H and O–H groups in total. The Morgan fingerprint density at radius 2 is 1.97 bits per heavy atom. The van der Waals surface area contributed by atoms with Crippen LogP contribution in [0.15, 0.2) is 53.7 Å². The highest BCUT2D eigenvalue weighted by Crippen LogP contribution is 2.31. The molecule has 4 heterocycles. The van der Waals surface area contributed by atoms with Crippen LogP contribution in [0.3, 0.4) is 0 Å². The van der Waals surface area contributed by atoms with Gasteiger partial charge in [-0.15, -0.1) is 0 Å². The van der Waals surface area contributed by atoms with Gasteiger partial charge in [0.1, 0.15) is 5.69 Å². The summed E-state index contributed by atoms with van der Waals surface area (Å²) in [5, 5.41) is 13.7. The lowest BCUT2D eigenvalue weighted by Crippen LogP contribution is -2.38. The van der Waals surface area contributed by atoms with Crippen LogP contribution in [0.5, 0.6) is 5.88 Å². The van der Waals surface area contributed by atoms with E-state index in [0.29, 0.717) is 23.5 Å². The lowest BCUT2D eigenvalue weighted by atomic mass is 10.0. The molecule has 7 heteroatoms. The predicted molar refractivity (Wildman–Crippen MR) is 119 cm³/mol. The Labute approximate surface area is 175 Å². The fourth-order valence-corrected chi connectivity index (χ4v) is 4.01. The van der Waals surface area contributed by atoms with E-state index < -0.39 is 0 Å². The molecule has 1 saturated heterocycles. The molecule has 0 aliphatic carbocycles. The number of anilines is 1. The number of allylic oxidation sites excluding steroid dienone is 1. The van der Waals surface area contributed by atoms with E-state index in [9.17, 15) is 5.11 Å². The lowest BCUT2D eigenvalue weighted by molar-refractivity contribution is 0.211. The molecule has 152 valence electrons. The number of aromatic amines is 1. The molecular weight excluding hydrogens is 376 g/mol. The van der Waals surface area contributed by atoms with E-state index in [2.05, 4.69) is 60.5 Å². The van der Waals surface area contributed by atoms with Gasteiger partial charge in [0.05, 0.1) is 0 Å². The van der Waals surface area contributed by atoms with Crippen molar-refractivity contribution in [3.05, 3.63) is 65.5 Å². The second kappa shape index (κ2) is 8.12. The number of H-pyrrole nitrogens is 1. The summed E-state index contributed by atoms with van der Waals surface area (Å²) < 4.78 is 0. The van der Waals surface area contributed by atoms with Crippen LogP contribution < -0.4 is 5.32 Å². The number of nitrogens with one attached hydrogen (secondary N) is 2. The monoisotopic (exact) mass is 400 g/mol. The third-order valence-electron chi connectivity index (χ3n) is 5.61. The van der Waals surface area contributed by atoms with E-state index >= 15 is 0 Å². The summed E-state index contributed by atoms with van der Waals surface area (Å²) in [5.74, 6) is 1.28. The number of hydrogen-bond acceptors (Lipinski definition) is 6. The van der Waals surface area contributed by atoms with E-state index in [4.69, 9.17) is 0 Å². The summed E-state index contributed by atoms with van der Waals surface area (Å²) in [4.78, 5) is 18.5. The predicted octanol–water partition coefficient (Wildman–Crippen LogP) is 3.84. The Morgan fingerprint density at radius 1 is 1.13 bits per heavy atom. The van der Waals surface area contributed by atoms with E-state index in [0.717, 1.165) is 43.6 Å². The Morgan fingerprint density at radius 3 is 2.80 bits per heavy atom. The van der Waals surface area contributed by atoms with Crippen LogP contribution in [0.4, 0.5) is 11.8 Å². The van der Waals surface area contributed by atoms with Crippen molar-refractivity contribution in [1.82, 2.24) is 19.9 Å². The molecule has 2 aromatic heterocycles. The zero-order valence-corrected chi connectivity index (χ0v) is 16.6. The number of imidazole rings is 1. The molecule has 5 rings (SSSR count). The summed E-state index contributed by atoms with van der Waals surface area (Å²) in [5.41, 5.74) is 3.77. The molecule has 0 atom stereocenters. The smallest absolute Gasteiger partial charge is 0.238 e. The number of fused-ring (bicyclic) bond motifs is 1. The molecule has 0 radical (unpaired) electrons. The van der Waals surface area contributed by atoms with Gasteiger partial charge in [-0.1, -0.05) is 30.3 Å². The Balaban J connectivity index is 1.20. The summed E-state index contributed by atoms with van der Waals surface area (Å²) in [6.45, 7) is 3.07. The highest BCUT2D eigenvalue weighted by Gasteiger charge is 2.21. The van der Waals surface area contributed by atoms with Gasteiger partial charge in [0, 0.05) is 49.2 Å². The van der Waals surface area contributed by atoms with Crippen molar-refractivity contribution >= 4 is 29.6 Å². The Bertz CT molecular complexity index is 1080. The van der Waals surface area contributed by atoms with Crippen LogP contribution in [0.1, 0.15) is 29.7 Å². The average molecular weight is 400 g/mol. The van der Waals surface area contributed by atoms with Crippen LogP contribution in [-0.2, 0) is 6.54 Å². The van der Waals surface area contributed by atoms with Crippen molar-refractivity contribution in [2.45, 2.75) is 25.4 Å². The number of rotatable bonds is 5.